The second-order valence-corrected chi connectivity index (χ2v) is 7.50. The van der Waals surface area contributed by atoms with E-state index in [1.54, 1.807) is 24.3 Å². The predicted octanol–water partition coefficient (Wildman–Crippen LogP) is 1.86. The van der Waals surface area contributed by atoms with E-state index in [1.807, 2.05) is 0 Å². The molecular formula is C20H26N2O5. The molecule has 2 fully saturated rings. The number of rotatable bonds is 7. The molecular weight excluding hydrogens is 348 g/mol. The fourth-order valence-electron chi connectivity index (χ4n) is 3.79. The van der Waals surface area contributed by atoms with E-state index in [4.69, 9.17) is 9.84 Å². The number of aliphatic carboxylic acids is 1. The average Bonchev–Trinajstić information content (AvgIpc) is 3.32. The van der Waals surface area contributed by atoms with Gasteiger partial charge in [0.05, 0.1) is 18.6 Å². The molecule has 2 amide bonds. The van der Waals surface area contributed by atoms with Gasteiger partial charge >= 0.3 is 5.97 Å². The van der Waals surface area contributed by atoms with Crippen molar-refractivity contribution >= 4 is 17.8 Å². The normalized spacial score (nSPS) is 22.5. The number of nitrogens with one attached hydrogen (secondary N) is 2. The maximum absolute atomic E-state index is 12.5. The van der Waals surface area contributed by atoms with E-state index < -0.39 is 11.5 Å². The fraction of sp³-hybridized carbons (Fsp3) is 0.550. The van der Waals surface area contributed by atoms with Crippen molar-refractivity contribution < 1.29 is 24.2 Å². The predicted molar refractivity (Wildman–Crippen MR) is 98.1 cm³/mol. The third kappa shape index (κ3) is 5.07. The maximum atomic E-state index is 12.5. The van der Waals surface area contributed by atoms with Gasteiger partial charge in [-0.2, -0.15) is 0 Å². The van der Waals surface area contributed by atoms with Crippen molar-refractivity contribution in [3.63, 3.8) is 0 Å². The van der Waals surface area contributed by atoms with Crippen LogP contribution in [0.3, 0.4) is 0 Å². The largest absolute Gasteiger partial charge is 0.481 e. The molecule has 1 saturated carbocycles. The van der Waals surface area contributed by atoms with E-state index in [2.05, 4.69) is 10.6 Å². The molecule has 3 N–H and O–H groups in total. The molecule has 1 aromatic carbocycles. The summed E-state index contributed by atoms with van der Waals surface area (Å²) in [6.07, 6.45) is 4.49. The minimum Gasteiger partial charge on any atom is -0.481 e. The van der Waals surface area contributed by atoms with Gasteiger partial charge < -0.3 is 20.5 Å². The van der Waals surface area contributed by atoms with Crippen LogP contribution in [0.1, 0.15) is 54.4 Å². The van der Waals surface area contributed by atoms with Crippen LogP contribution in [0.15, 0.2) is 24.3 Å². The van der Waals surface area contributed by atoms with Crippen LogP contribution in [0.5, 0.6) is 0 Å². The molecule has 1 saturated heterocycles. The first-order valence-electron chi connectivity index (χ1n) is 9.46. The maximum Gasteiger partial charge on any atom is 0.305 e. The third-order valence-corrected chi connectivity index (χ3v) is 5.38. The zero-order chi connectivity index (χ0) is 19.3. The summed E-state index contributed by atoms with van der Waals surface area (Å²) < 4.78 is 5.30. The molecule has 7 heteroatoms. The van der Waals surface area contributed by atoms with E-state index in [0.29, 0.717) is 25.1 Å². The highest BCUT2D eigenvalue weighted by molar-refractivity contribution is 5.95. The number of hydrogen-bond donors (Lipinski definition) is 3. The van der Waals surface area contributed by atoms with Gasteiger partial charge in [0.1, 0.15) is 0 Å². The lowest BCUT2D eigenvalue weighted by molar-refractivity contribution is -0.138. The number of carboxylic acid groups (broad SMARTS) is 1. The molecule has 2 aliphatic rings. The molecule has 0 radical (unpaired) electrons. The van der Waals surface area contributed by atoms with Crippen LogP contribution in [-0.4, -0.2) is 41.6 Å². The second-order valence-electron chi connectivity index (χ2n) is 7.50. The molecule has 3 rings (SSSR count). The SMILES string of the molecule is O=C(O)CC1(NC(=O)c2ccc(CNC(=O)C3CCCC3)cc2)CCOC1. The van der Waals surface area contributed by atoms with Gasteiger partial charge in [-0.05, 0) is 37.0 Å². The Morgan fingerprint density at radius 1 is 1.15 bits per heavy atom. The molecule has 1 atom stereocenters. The van der Waals surface area contributed by atoms with Gasteiger partial charge in [0.15, 0.2) is 0 Å². The molecule has 7 nitrogen and oxygen atoms in total. The van der Waals surface area contributed by atoms with E-state index in [0.717, 1.165) is 31.2 Å². The lowest BCUT2D eigenvalue weighted by atomic mass is 9.93. The first-order valence-corrected chi connectivity index (χ1v) is 9.46. The van der Waals surface area contributed by atoms with Crippen molar-refractivity contribution in [1.29, 1.82) is 0 Å². The summed E-state index contributed by atoms with van der Waals surface area (Å²) >= 11 is 0. The number of amides is 2. The Morgan fingerprint density at radius 2 is 1.85 bits per heavy atom. The van der Waals surface area contributed by atoms with E-state index in [-0.39, 0.29) is 30.8 Å². The van der Waals surface area contributed by atoms with Crippen LogP contribution in [0.25, 0.3) is 0 Å². The summed E-state index contributed by atoms with van der Waals surface area (Å²) in [5.41, 5.74) is 0.525. The van der Waals surface area contributed by atoms with Crippen LogP contribution in [0.2, 0.25) is 0 Å². The highest BCUT2D eigenvalue weighted by atomic mass is 16.5. The molecule has 0 aromatic heterocycles. The molecule has 1 aliphatic carbocycles. The van der Waals surface area contributed by atoms with Crippen molar-refractivity contribution in [3.8, 4) is 0 Å². The number of ether oxygens (including phenoxy) is 1. The molecule has 1 unspecified atom stereocenters. The van der Waals surface area contributed by atoms with Crippen molar-refractivity contribution in [2.75, 3.05) is 13.2 Å². The van der Waals surface area contributed by atoms with Crippen molar-refractivity contribution in [3.05, 3.63) is 35.4 Å². The first-order chi connectivity index (χ1) is 13.0. The summed E-state index contributed by atoms with van der Waals surface area (Å²) in [4.78, 5) is 35.7. The molecule has 1 aliphatic heterocycles. The third-order valence-electron chi connectivity index (χ3n) is 5.38. The van der Waals surface area contributed by atoms with Gasteiger partial charge in [0.25, 0.3) is 5.91 Å². The average molecular weight is 374 g/mol. The summed E-state index contributed by atoms with van der Waals surface area (Å²) in [5.74, 6) is -1.04. The van der Waals surface area contributed by atoms with Gasteiger partial charge in [-0.3, -0.25) is 14.4 Å². The Labute approximate surface area is 158 Å². The number of carbonyl (C=O) groups is 3. The quantitative estimate of drug-likeness (QED) is 0.676. The van der Waals surface area contributed by atoms with Crippen LogP contribution >= 0.6 is 0 Å². The fourth-order valence-corrected chi connectivity index (χ4v) is 3.79. The second kappa shape index (κ2) is 8.52. The van der Waals surface area contributed by atoms with Gasteiger partial charge in [-0.15, -0.1) is 0 Å². The van der Waals surface area contributed by atoms with Gasteiger partial charge in [-0.1, -0.05) is 25.0 Å². The van der Waals surface area contributed by atoms with Crippen LogP contribution in [0.4, 0.5) is 0 Å². The lowest BCUT2D eigenvalue weighted by Gasteiger charge is -2.27. The number of hydrogen-bond acceptors (Lipinski definition) is 4. The monoisotopic (exact) mass is 374 g/mol. The lowest BCUT2D eigenvalue weighted by Crippen LogP contribution is -2.50. The minimum atomic E-state index is -0.964. The minimum absolute atomic E-state index is 0.103. The summed E-state index contributed by atoms with van der Waals surface area (Å²) in [6, 6.07) is 6.99. The summed E-state index contributed by atoms with van der Waals surface area (Å²) in [6.45, 7) is 1.08. The number of benzene rings is 1. The van der Waals surface area contributed by atoms with Crippen LogP contribution < -0.4 is 10.6 Å². The van der Waals surface area contributed by atoms with E-state index in [9.17, 15) is 14.4 Å². The highest BCUT2D eigenvalue weighted by Crippen LogP contribution is 2.25. The van der Waals surface area contributed by atoms with E-state index in [1.165, 1.54) is 0 Å². The molecule has 1 aromatic rings. The van der Waals surface area contributed by atoms with Crippen molar-refractivity contribution in [2.45, 2.75) is 50.6 Å². The Morgan fingerprint density at radius 3 is 2.44 bits per heavy atom. The molecule has 0 bridgehead atoms. The molecule has 146 valence electrons. The topological polar surface area (TPSA) is 105 Å². The molecule has 1 heterocycles. The standard InChI is InChI=1S/C20H26N2O5/c23-17(24)11-20(9-10-27-13-20)22-19(26)16-7-5-14(6-8-16)12-21-18(25)15-3-1-2-4-15/h5-8,15H,1-4,9-13H2,(H,21,25)(H,22,26)(H,23,24). The first kappa shape index (κ1) is 19.4. The van der Waals surface area contributed by atoms with Gasteiger partial charge in [-0.25, -0.2) is 0 Å². The summed E-state index contributed by atoms with van der Waals surface area (Å²) in [5, 5.41) is 14.9. The Balaban J connectivity index is 1.55. The zero-order valence-corrected chi connectivity index (χ0v) is 15.3. The summed E-state index contributed by atoms with van der Waals surface area (Å²) in [7, 11) is 0. The molecule has 0 spiro atoms. The van der Waals surface area contributed by atoms with Crippen LogP contribution in [-0.2, 0) is 20.9 Å². The smallest absolute Gasteiger partial charge is 0.305 e. The zero-order valence-electron chi connectivity index (χ0n) is 15.3. The van der Waals surface area contributed by atoms with Gasteiger partial charge in [0, 0.05) is 24.6 Å². The Kier molecular flexibility index (Phi) is 6.11. The Bertz CT molecular complexity index is 689. The van der Waals surface area contributed by atoms with Crippen LogP contribution in [0, 0.1) is 5.92 Å². The van der Waals surface area contributed by atoms with Crippen molar-refractivity contribution in [2.24, 2.45) is 5.92 Å². The Hall–Kier alpha value is -2.41. The number of carboxylic acids is 1. The molecule has 27 heavy (non-hydrogen) atoms. The van der Waals surface area contributed by atoms with Crippen molar-refractivity contribution in [1.82, 2.24) is 10.6 Å². The number of carbonyl (C=O) groups excluding carboxylic acids is 2. The highest BCUT2D eigenvalue weighted by Gasteiger charge is 2.38. The van der Waals surface area contributed by atoms with Gasteiger partial charge in [0.2, 0.25) is 5.91 Å². The van der Waals surface area contributed by atoms with E-state index >= 15 is 0 Å².